The molecular weight excluding hydrogens is 240 g/mol. The monoisotopic (exact) mass is 256 g/mol. The Kier molecular flexibility index (Phi) is 3.63. The van der Waals surface area contributed by atoms with Crippen LogP contribution < -0.4 is 10.2 Å². The predicted molar refractivity (Wildman–Crippen MR) is 68.7 cm³/mol. The SMILES string of the molecule is CNc1nc(Cl)nc(N2CCN(C)C(C)C2)n1. The molecule has 1 unspecified atom stereocenters. The molecule has 2 rings (SSSR count). The van der Waals surface area contributed by atoms with Gasteiger partial charge in [-0.3, -0.25) is 0 Å². The second-order valence-electron chi connectivity index (χ2n) is 4.25. The van der Waals surface area contributed by atoms with Crippen molar-refractivity contribution in [3.05, 3.63) is 5.28 Å². The van der Waals surface area contributed by atoms with Crippen LogP contribution in [-0.4, -0.2) is 59.6 Å². The zero-order valence-corrected chi connectivity index (χ0v) is 11.1. The molecule has 1 aromatic heterocycles. The first kappa shape index (κ1) is 12.3. The van der Waals surface area contributed by atoms with E-state index in [9.17, 15) is 0 Å². The van der Waals surface area contributed by atoms with E-state index in [1.54, 1.807) is 7.05 Å². The summed E-state index contributed by atoms with van der Waals surface area (Å²) >= 11 is 5.87. The summed E-state index contributed by atoms with van der Waals surface area (Å²) in [6.45, 7) is 5.00. The van der Waals surface area contributed by atoms with E-state index in [1.165, 1.54) is 0 Å². The highest BCUT2D eigenvalue weighted by Gasteiger charge is 2.23. The van der Waals surface area contributed by atoms with Gasteiger partial charge in [-0.1, -0.05) is 0 Å². The van der Waals surface area contributed by atoms with Crippen molar-refractivity contribution in [3.8, 4) is 0 Å². The maximum Gasteiger partial charge on any atom is 0.231 e. The first-order valence-electron chi connectivity index (χ1n) is 5.64. The molecular formula is C10H17ClN6. The molecule has 0 aliphatic carbocycles. The minimum Gasteiger partial charge on any atom is -0.357 e. The fourth-order valence-corrected chi connectivity index (χ4v) is 1.98. The van der Waals surface area contributed by atoms with Gasteiger partial charge in [-0.05, 0) is 25.6 Å². The van der Waals surface area contributed by atoms with Crippen molar-refractivity contribution in [2.75, 3.05) is 43.9 Å². The number of aromatic nitrogens is 3. The highest BCUT2D eigenvalue weighted by molar-refractivity contribution is 6.28. The van der Waals surface area contributed by atoms with Gasteiger partial charge in [-0.25, -0.2) is 0 Å². The summed E-state index contributed by atoms with van der Waals surface area (Å²) in [6, 6.07) is 0.484. The highest BCUT2D eigenvalue weighted by Crippen LogP contribution is 2.17. The van der Waals surface area contributed by atoms with Crippen LogP contribution in [0.15, 0.2) is 0 Å². The third-order valence-electron chi connectivity index (χ3n) is 3.06. The Hall–Kier alpha value is -1.14. The molecule has 1 saturated heterocycles. The number of nitrogens with one attached hydrogen (secondary N) is 1. The van der Waals surface area contributed by atoms with Crippen molar-refractivity contribution in [3.63, 3.8) is 0 Å². The Morgan fingerprint density at radius 1 is 1.29 bits per heavy atom. The van der Waals surface area contributed by atoms with Gasteiger partial charge in [0.25, 0.3) is 0 Å². The Labute approximate surface area is 106 Å². The lowest BCUT2D eigenvalue weighted by Gasteiger charge is -2.37. The van der Waals surface area contributed by atoms with Crippen molar-refractivity contribution in [1.82, 2.24) is 19.9 Å². The Morgan fingerprint density at radius 3 is 2.71 bits per heavy atom. The van der Waals surface area contributed by atoms with Gasteiger partial charge >= 0.3 is 0 Å². The molecule has 0 aromatic carbocycles. The fraction of sp³-hybridized carbons (Fsp3) is 0.700. The standard InChI is InChI=1S/C10H17ClN6/c1-7-6-17(5-4-16(7)3)10-14-8(11)13-9(12-2)15-10/h7H,4-6H2,1-3H3,(H,12,13,14,15). The summed E-state index contributed by atoms with van der Waals surface area (Å²) in [7, 11) is 3.89. The van der Waals surface area contributed by atoms with Crippen molar-refractivity contribution in [2.24, 2.45) is 0 Å². The van der Waals surface area contributed by atoms with Crippen molar-refractivity contribution in [1.29, 1.82) is 0 Å². The minimum atomic E-state index is 0.228. The number of hydrogen-bond donors (Lipinski definition) is 1. The first-order chi connectivity index (χ1) is 8.10. The van der Waals surface area contributed by atoms with E-state index in [2.05, 4.69) is 44.0 Å². The first-order valence-corrected chi connectivity index (χ1v) is 6.02. The average molecular weight is 257 g/mol. The van der Waals surface area contributed by atoms with Crippen LogP contribution in [0, 0.1) is 0 Å². The van der Waals surface area contributed by atoms with E-state index >= 15 is 0 Å². The molecule has 7 heteroatoms. The molecule has 1 fully saturated rings. The molecule has 1 aliphatic rings. The van der Waals surface area contributed by atoms with Crippen molar-refractivity contribution >= 4 is 23.5 Å². The number of rotatable bonds is 2. The van der Waals surface area contributed by atoms with Crippen LogP contribution in [0.4, 0.5) is 11.9 Å². The van der Waals surface area contributed by atoms with Crippen LogP contribution in [0.3, 0.4) is 0 Å². The third-order valence-corrected chi connectivity index (χ3v) is 3.23. The van der Waals surface area contributed by atoms with Gasteiger partial charge in [-0.2, -0.15) is 15.0 Å². The lowest BCUT2D eigenvalue weighted by atomic mass is 10.2. The molecule has 0 spiro atoms. The van der Waals surface area contributed by atoms with Gasteiger partial charge in [0, 0.05) is 32.7 Å². The number of halogens is 1. The van der Waals surface area contributed by atoms with Crippen LogP contribution >= 0.6 is 11.6 Å². The summed E-state index contributed by atoms with van der Waals surface area (Å²) in [5, 5.41) is 3.11. The van der Waals surface area contributed by atoms with Crippen LogP contribution in [0.2, 0.25) is 5.28 Å². The Bertz CT molecular complexity index is 398. The van der Waals surface area contributed by atoms with Crippen LogP contribution in [0.1, 0.15) is 6.92 Å². The highest BCUT2D eigenvalue weighted by atomic mass is 35.5. The van der Waals surface area contributed by atoms with Gasteiger partial charge in [0.05, 0.1) is 0 Å². The molecule has 6 nitrogen and oxygen atoms in total. The minimum absolute atomic E-state index is 0.228. The Balaban J connectivity index is 2.19. The van der Waals surface area contributed by atoms with Crippen molar-refractivity contribution in [2.45, 2.75) is 13.0 Å². The van der Waals surface area contributed by atoms with Crippen LogP contribution in [-0.2, 0) is 0 Å². The normalized spacial score (nSPS) is 21.6. The summed E-state index contributed by atoms with van der Waals surface area (Å²) in [5.74, 6) is 1.15. The molecule has 1 aromatic rings. The quantitative estimate of drug-likeness (QED) is 0.841. The summed E-state index contributed by atoms with van der Waals surface area (Å²) in [6.07, 6.45) is 0. The molecule has 94 valence electrons. The predicted octanol–water partition coefficient (Wildman–Crippen LogP) is 0.707. The average Bonchev–Trinajstić information content (AvgIpc) is 2.32. The topological polar surface area (TPSA) is 57.2 Å². The Morgan fingerprint density at radius 2 is 2.06 bits per heavy atom. The molecule has 0 saturated carbocycles. The zero-order valence-electron chi connectivity index (χ0n) is 10.3. The molecule has 0 bridgehead atoms. The van der Waals surface area contributed by atoms with E-state index in [1.807, 2.05) is 0 Å². The van der Waals surface area contributed by atoms with E-state index in [0.717, 1.165) is 19.6 Å². The number of anilines is 2. The maximum absolute atomic E-state index is 5.87. The van der Waals surface area contributed by atoms with Gasteiger partial charge < -0.3 is 15.1 Å². The van der Waals surface area contributed by atoms with E-state index in [4.69, 9.17) is 11.6 Å². The van der Waals surface area contributed by atoms with Gasteiger partial charge in [0.15, 0.2) is 0 Å². The molecule has 1 N–H and O–H groups in total. The molecule has 0 amide bonds. The van der Waals surface area contributed by atoms with Gasteiger partial charge in [0.2, 0.25) is 17.2 Å². The second kappa shape index (κ2) is 5.01. The summed E-state index contributed by atoms with van der Waals surface area (Å²) in [5.41, 5.74) is 0. The molecule has 1 aliphatic heterocycles. The molecule has 1 atom stereocenters. The van der Waals surface area contributed by atoms with Gasteiger partial charge in [-0.15, -0.1) is 0 Å². The number of piperazine rings is 1. The zero-order chi connectivity index (χ0) is 12.4. The molecule has 0 radical (unpaired) electrons. The largest absolute Gasteiger partial charge is 0.357 e. The summed E-state index contributed by atoms with van der Waals surface area (Å²) in [4.78, 5) is 16.9. The fourth-order valence-electron chi connectivity index (χ4n) is 1.82. The maximum atomic E-state index is 5.87. The smallest absolute Gasteiger partial charge is 0.231 e. The summed E-state index contributed by atoms with van der Waals surface area (Å²) < 4.78 is 0. The van der Waals surface area contributed by atoms with E-state index in [0.29, 0.717) is 17.9 Å². The van der Waals surface area contributed by atoms with E-state index in [-0.39, 0.29) is 5.28 Å². The van der Waals surface area contributed by atoms with Gasteiger partial charge in [0.1, 0.15) is 0 Å². The lowest BCUT2D eigenvalue weighted by molar-refractivity contribution is 0.233. The molecule has 2 heterocycles. The molecule has 17 heavy (non-hydrogen) atoms. The van der Waals surface area contributed by atoms with E-state index < -0.39 is 0 Å². The third kappa shape index (κ3) is 2.76. The number of likely N-dealkylation sites (N-methyl/N-ethyl adjacent to an activating group) is 1. The second-order valence-corrected chi connectivity index (χ2v) is 4.59. The van der Waals surface area contributed by atoms with Crippen molar-refractivity contribution < 1.29 is 0 Å². The number of hydrogen-bond acceptors (Lipinski definition) is 6. The number of nitrogens with zero attached hydrogens (tertiary/aromatic N) is 5. The lowest BCUT2D eigenvalue weighted by Crippen LogP contribution is -2.50. The van der Waals surface area contributed by atoms with Crippen LogP contribution in [0.25, 0.3) is 0 Å². The van der Waals surface area contributed by atoms with Crippen LogP contribution in [0.5, 0.6) is 0 Å².